The van der Waals surface area contributed by atoms with E-state index in [-0.39, 0.29) is 17.6 Å². The predicted octanol–water partition coefficient (Wildman–Crippen LogP) is 7.45. The van der Waals surface area contributed by atoms with E-state index >= 15 is 0 Å². The Labute approximate surface area is 198 Å². The van der Waals surface area contributed by atoms with Crippen LogP contribution in [0.2, 0.25) is 0 Å². The Morgan fingerprint density at radius 3 is 2.41 bits per heavy atom. The van der Waals surface area contributed by atoms with Crippen molar-refractivity contribution in [2.75, 3.05) is 0 Å². The molecule has 0 aromatic rings. The fraction of sp³-hybridized carbons (Fsp3) is 0.867. The second kappa shape index (κ2) is 7.70. The van der Waals surface area contributed by atoms with Gasteiger partial charge in [-0.3, -0.25) is 0 Å². The normalized spacial score (nSPS) is 48.7. The molecule has 2 heteroatoms. The van der Waals surface area contributed by atoms with E-state index in [2.05, 4.69) is 54.2 Å². The molecule has 0 bridgehead atoms. The van der Waals surface area contributed by atoms with Gasteiger partial charge in [-0.05, 0) is 105 Å². The van der Waals surface area contributed by atoms with Crippen LogP contribution in [0.4, 0.5) is 0 Å². The van der Waals surface area contributed by atoms with E-state index in [0.717, 1.165) is 37.2 Å². The van der Waals surface area contributed by atoms with Crippen LogP contribution < -0.4 is 0 Å². The standard InChI is InChI=1S/C30H50O2/c1-20(2)23(31)13-14-27(5)15-18-30(8)24-11-9-21-22(10-12-25(32)26(21,3)4)29(24,7)17-16-28(30,6)19-27/h9,22-25,31-32H,1,10-19H2,2-8H3. The van der Waals surface area contributed by atoms with Crippen molar-refractivity contribution in [2.45, 2.75) is 125 Å². The quantitative estimate of drug-likeness (QED) is 0.444. The first-order valence-corrected chi connectivity index (χ1v) is 13.4. The molecule has 3 saturated carbocycles. The van der Waals surface area contributed by atoms with Gasteiger partial charge < -0.3 is 10.2 Å². The average molecular weight is 443 g/mol. The molecule has 4 aliphatic rings. The van der Waals surface area contributed by atoms with Crippen molar-refractivity contribution >= 4 is 0 Å². The molecule has 0 amide bonds. The Morgan fingerprint density at radius 1 is 1.06 bits per heavy atom. The smallest absolute Gasteiger partial charge is 0.0745 e. The predicted molar refractivity (Wildman–Crippen MR) is 134 cm³/mol. The third-order valence-electron chi connectivity index (χ3n) is 11.9. The van der Waals surface area contributed by atoms with E-state index in [1.165, 1.54) is 38.5 Å². The minimum Gasteiger partial charge on any atom is -0.392 e. The van der Waals surface area contributed by atoms with E-state index in [9.17, 15) is 10.2 Å². The van der Waals surface area contributed by atoms with Crippen LogP contribution >= 0.6 is 0 Å². The van der Waals surface area contributed by atoms with Crippen molar-refractivity contribution in [3.63, 3.8) is 0 Å². The van der Waals surface area contributed by atoms with Crippen LogP contribution in [-0.2, 0) is 0 Å². The van der Waals surface area contributed by atoms with Gasteiger partial charge in [0, 0.05) is 5.41 Å². The highest BCUT2D eigenvalue weighted by atomic mass is 16.3. The number of fused-ring (bicyclic) bond motifs is 5. The van der Waals surface area contributed by atoms with Gasteiger partial charge in [0.25, 0.3) is 0 Å². The largest absolute Gasteiger partial charge is 0.392 e. The monoisotopic (exact) mass is 442 g/mol. The highest BCUT2D eigenvalue weighted by Gasteiger charge is 2.65. The van der Waals surface area contributed by atoms with Gasteiger partial charge in [-0.15, -0.1) is 0 Å². The second-order valence-corrected chi connectivity index (χ2v) is 14.2. The fourth-order valence-corrected chi connectivity index (χ4v) is 9.22. The fourth-order valence-electron chi connectivity index (χ4n) is 9.22. The molecule has 0 radical (unpaired) electrons. The molecule has 0 spiro atoms. The summed E-state index contributed by atoms with van der Waals surface area (Å²) in [6.45, 7) is 20.8. The molecule has 8 unspecified atom stereocenters. The maximum atomic E-state index is 10.8. The number of hydrogen-bond donors (Lipinski definition) is 2. The van der Waals surface area contributed by atoms with Gasteiger partial charge in [0.15, 0.2) is 0 Å². The zero-order valence-corrected chi connectivity index (χ0v) is 22.1. The van der Waals surface area contributed by atoms with E-state index < -0.39 is 0 Å². The van der Waals surface area contributed by atoms with Crippen molar-refractivity contribution in [3.8, 4) is 0 Å². The van der Waals surface area contributed by atoms with Crippen molar-refractivity contribution in [2.24, 2.45) is 38.9 Å². The Kier molecular flexibility index (Phi) is 5.90. The summed E-state index contributed by atoms with van der Waals surface area (Å²) in [6, 6.07) is 0. The second-order valence-electron chi connectivity index (χ2n) is 14.2. The summed E-state index contributed by atoms with van der Waals surface area (Å²) in [5.41, 5.74) is 3.82. The van der Waals surface area contributed by atoms with Crippen LogP contribution in [0, 0.1) is 38.9 Å². The van der Waals surface area contributed by atoms with Crippen LogP contribution in [0.15, 0.2) is 23.8 Å². The summed E-state index contributed by atoms with van der Waals surface area (Å²) < 4.78 is 0. The molecule has 32 heavy (non-hydrogen) atoms. The number of rotatable bonds is 4. The molecular weight excluding hydrogens is 392 g/mol. The SMILES string of the molecule is C=C(C)C(O)CCC1(C)CCC2(C)C3CC=C4C(CCC(O)C4(C)C)C3(C)CCC2(C)C1. The first-order chi connectivity index (χ1) is 14.7. The maximum Gasteiger partial charge on any atom is 0.0745 e. The van der Waals surface area contributed by atoms with Crippen molar-refractivity contribution in [3.05, 3.63) is 23.8 Å². The van der Waals surface area contributed by atoms with Gasteiger partial charge in [-0.25, -0.2) is 0 Å². The number of aliphatic hydroxyl groups is 2. The zero-order chi connectivity index (χ0) is 23.7. The molecule has 8 atom stereocenters. The summed E-state index contributed by atoms with van der Waals surface area (Å²) >= 11 is 0. The minimum absolute atomic E-state index is 0.0756. The highest BCUT2D eigenvalue weighted by molar-refractivity contribution is 5.30. The minimum atomic E-state index is -0.352. The highest BCUT2D eigenvalue weighted by Crippen LogP contribution is 2.73. The van der Waals surface area contributed by atoms with Crippen molar-refractivity contribution < 1.29 is 10.2 Å². The molecule has 2 nitrogen and oxygen atoms in total. The molecule has 0 heterocycles. The maximum absolute atomic E-state index is 10.8. The van der Waals surface area contributed by atoms with Crippen LogP contribution in [0.25, 0.3) is 0 Å². The molecule has 182 valence electrons. The topological polar surface area (TPSA) is 40.5 Å². The average Bonchev–Trinajstić information content (AvgIpc) is 2.71. The first kappa shape index (κ1) is 24.5. The summed E-state index contributed by atoms with van der Waals surface area (Å²) in [4.78, 5) is 0. The number of hydrogen-bond acceptors (Lipinski definition) is 2. The Hall–Kier alpha value is -0.600. The molecule has 3 fully saturated rings. The van der Waals surface area contributed by atoms with Crippen LogP contribution in [0.1, 0.15) is 113 Å². The summed E-state index contributed by atoms with van der Waals surface area (Å²) in [7, 11) is 0. The lowest BCUT2D eigenvalue weighted by molar-refractivity contribution is -0.184. The molecule has 0 aromatic heterocycles. The van der Waals surface area contributed by atoms with Crippen molar-refractivity contribution in [1.82, 2.24) is 0 Å². The third-order valence-corrected chi connectivity index (χ3v) is 11.9. The lowest BCUT2D eigenvalue weighted by Gasteiger charge is -2.69. The molecule has 0 saturated heterocycles. The molecular formula is C30H50O2. The van der Waals surface area contributed by atoms with E-state index in [4.69, 9.17) is 0 Å². The van der Waals surface area contributed by atoms with Gasteiger partial charge in [-0.1, -0.05) is 65.3 Å². The molecule has 4 rings (SSSR count). The molecule has 0 aromatic carbocycles. The van der Waals surface area contributed by atoms with Gasteiger partial charge in [0.05, 0.1) is 12.2 Å². The molecule has 4 aliphatic carbocycles. The Balaban J connectivity index is 1.60. The van der Waals surface area contributed by atoms with Crippen LogP contribution in [0.3, 0.4) is 0 Å². The van der Waals surface area contributed by atoms with Crippen LogP contribution in [-0.4, -0.2) is 22.4 Å². The Morgan fingerprint density at radius 2 is 1.75 bits per heavy atom. The lowest BCUT2D eigenvalue weighted by Crippen LogP contribution is -2.61. The van der Waals surface area contributed by atoms with E-state index in [1.807, 2.05) is 6.92 Å². The summed E-state index contributed by atoms with van der Waals surface area (Å²) in [5, 5.41) is 21.1. The summed E-state index contributed by atoms with van der Waals surface area (Å²) in [6.07, 6.45) is 13.8. The van der Waals surface area contributed by atoms with Gasteiger partial charge in [0.2, 0.25) is 0 Å². The summed E-state index contributed by atoms with van der Waals surface area (Å²) in [5.74, 6) is 1.37. The first-order valence-electron chi connectivity index (χ1n) is 13.4. The zero-order valence-electron chi connectivity index (χ0n) is 22.1. The van der Waals surface area contributed by atoms with Crippen LogP contribution in [0.5, 0.6) is 0 Å². The number of allylic oxidation sites excluding steroid dienone is 1. The van der Waals surface area contributed by atoms with Gasteiger partial charge >= 0.3 is 0 Å². The number of aliphatic hydroxyl groups excluding tert-OH is 2. The lowest BCUT2D eigenvalue weighted by atomic mass is 9.35. The van der Waals surface area contributed by atoms with E-state index in [0.29, 0.717) is 27.6 Å². The van der Waals surface area contributed by atoms with E-state index in [1.54, 1.807) is 5.57 Å². The Bertz CT molecular complexity index is 795. The van der Waals surface area contributed by atoms with Crippen molar-refractivity contribution in [1.29, 1.82) is 0 Å². The third kappa shape index (κ3) is 3.49. The molecule has 2 N–H and O–H groups in total. The van der Waals surface area contributed by atoms with Gasteiger partial charge in [-0.2, -0.15) is 0 Å². The van der Waals surface area contributed by atoms with Gasteiger partial charge in [0.1, 0.15) is 0 Å². The molecule has 0 aliphatic heterocycles.